The lowest BCUT2D eigenvalue weighted by Crippen LogP contribution is -2.30. The molecule has 0 radical (unpaired) electrons. The van der Waals surface area contributed by atoms with Crippen LogP contribution in [-0.2, 0) is 0 Å². The van der Waals surface area contributed by atoms with Gasteiger partial charge in [0, 0.05) is 6.61 Å². The van der Waals surface area contributed by atoms with Gasteiger partial charge in [-0.2, -0.15) is 0 Å². The van der Waals surface area contributed by atoms with Crippen LogP contribution in [0.2, 0.25) is 0 Å². The fourth-order valence-corrected chi connectivity index (χ4v) is 4.48. The van der Waals surface area contributed by atoms with Crippen LogP contribution in [0.1, 0.15) is 65.2 Å². The Morgan fingerprint density at radius 2 is 1.65 bits per heavy atom. The third-order valence-corrected chi connectivity index (χ3v) is 5.53. The van der Waals surface area contributed by atoms with Crippen molar-refractivity contribution in [2.75, 3.05) is 6.61 Å². The smallest absolute Gasteiger partial charge is 0.0433 e. The fraction of sp³-hybridized carbons (Fsp3) is 1.00. The summed E-state index contributed by atoms with van der Waals surface area (Å²) < 4.78 is 0. The molecule has 0 spiro atoms. The molecule has 1 nitrogen and oxygen atoms in total. The minimum atomic E-state index is 0.396. The van der Waals surface area contributed by atoms with Crippen LogP contribution in [0.15, 0.2) is 0 Å². The fourth-order valence-electron chi connectivity index (χ4n) is 4.48. The number of rotatable bonds is 3. The molecule has 2 aliphatic carbocycles. The summed E-state index contributed by atoms with van der Waals surface area (Å²) in [6.07, 6.45) is 11.1. The molecule has 3 atom stereocenters. The molecule has 2 aliphatic rings. The topological polar surface area (TPSA) is 20.2 Å². The summed E-state index contributed by atoms with van der Waals surface area (Å²) in [5.41, 5.74) is 0. The first-order valence-electron chi connectivity index (χ1n) is 7.81. The van der Waals surface area contributed by atoms with E-state index in [1.165, 1.54) is 44.9 Å². The Balaban J connectivity index is 1.80. The molecule has 0 saturated heterocycles. The average Bonchev–Trinajstić information content (AvgIpc) is 2.31. The van der Waals surface area contributed by atoms with E-state index in [1.54, 1.807) is 0 Å². The zero-order valence-electron chi connectivity index (χ0n) is 11.7. The first kappa shape index (κ1) is 13.4. The minimum absolute atomic E-state index is 0.396. The Morgan fingerprint density at radius 3 is 2.24 bits per heavy atom. The molecule has 0 bridgehead atoms. The van der Waals surface area contributed by atoms with Gasteiger partial charge in [-0.15, -0.1) is 0 Å². The third kappa shape index (κ3) is 3.47. The summed E-state index contributed by atoms with van der Waals surface area (Å²) in [5.74, 6) is 4.77. The Morgan fingerprint density at radius 1 is 0.941 bits per heavy atom. The summed E-state index contributed by atoms with van der Waals surface area (Å²) in [6, 6.07) is 0. The molecule has 0 aromatic carbocycles. The molecule has 0 aromatic rings. The molecule has 0 aromatic heterocycles. The molecule has 17 heavy (non-hydrogen) atoms. The summed E-state index contributed by atoms with van der Waals surface area (Å²) >= 11 is 0. The molecule has 0 amide bonds. The van der Waals surface area contributed by atoms with Gasteiger partial charge in [-0.05, 0) is 61.7 Å². The van der Waals surface area contributed by atoms with Gasteiger partial charge < -0.3 is 5.11 Å². The largest absolute Gasteiger partial charge is 0.396 e. The summed E-state index contributed by atoms with van der Waals surface area (Å²) in [5, 5.41) is 9.00. The van der Waals surface area contributed by atoms with Gasteiger partial charge in [-0.1, -0.05) is 33.1 Å². The molecule has 2 rings (SSSR count). The summed E-state index contributed by atoms with van der Waals surface area (Å²) in [6.45, 7) is 5.30. The van der Waals surface area contributed by atoms with Crippen LogP contribution in [0.4, 0.5) is 0 Å². The molecule has 1 N–H and O–H groups in total. The zero-order valence-corrected chi connectivity index (χ0v) is 11.7. The summed E-state index contributed by atoms with van der Waals surface area (Å²) in [7, 11) is 0. The Bertz CT molecular complexity index is 218. The molecule has 100 valence electrons. The van der Waals surface area contributed by atoms with Crippen molar-refractivity contribution < 1.29 is 5.11 Å². The number of hydrogen-bond acceptors (Lipinski definition) is 1. The Hall–Kier alpha value is -0.0400. The Labute approximate surface area is 107 Å². The molecule has 3 unspecified atom stereocenters. The highest BCUT2D eigenvalue weighted by Gasteiger charge is 2.33. The van der Waals surface area contributed by atoms with E-state index in [-0.39, 0.29) is 0 Å². The van der Waals surface area contributed by atoms with Crippen molar-refractivity contribution in [2.24, 2.45) is 29.6 Å². The number of hydrogen-bond donors (Lipinski definition) is 1. The second-order valence-electron chi connectivity index (χ2n) is 6.85. The van der Waals surface area contributed by atoms with Gasteiger partial charge in [-0.25, -0.2) is 0 Å². The molecular weight excluding hydrogens is 208 g/mol. The SMILES string of the molecule is CC1CCC(C2CCC(CCO)CC2)C(C)C1. The minimum Gasteiger partial charge on any atom is -0.396 e. The van der Waals surface area contributed by atoms with E-state index in [0.29, 0.717) is 6.61 Å². The normalized spacial score (nSPS) is 43.6. The van der Waals surface area contributed by atoms with E-state index in [1.807, 2.05) is 0 Å². The van der Waals surface area contributed by atoms with Gasteiger partial charge >= 0.3 is 0 Å². The van der Waals surface area contributed by atoms with Crippen LogP contribution in [0.5, 0.6) is 0 Å². The Kier molecular flexibility index (Phi) is 4.90. The second-order valence-corrected chi connectivity index (χ2v) is 6.85. The quantitative estimate of drug-likeness (QED) is 0.779. The van der Waals surface area contributed by atoms with Gasteiger partial charge in [0.1, 0.15) is 0 Å². The lowest BCUT2D eigenvalue weighted by Gasteiger charge is -2.41. The maximum Gasteiger partial charge on any atom is 0.0433 e. The standard InChI is InChI=1S/C16H30O/c1-12-3-8-16(13(2)11-12)15-6-4-14(5-7-15)9-10-17/h12-17H,3-11H2,1-2H3. The zero-order chi connectivity index (χ0) is 12.3. The van der Waals surface area contributed by atoms with E-state index in [2.05, 4.69) is 13.8 Å². The van der Waals surface area contributed by atoms with Gasteiger partial charge in [0.15, 0.2) is 0 Å². The number of aliphatic hydroxyl groups excluding tert-OH is 1. The average molecular weight is 238 g/mol. The van der Waals surface area contributed by atoms with Crippen molar-refractivity contribution in [3.05, 3.63) is 0 Å². The van der Waals surface area contributed by atoms with Gasteiger partial charge in [0.05, 0.1) is 0 Å². The molecular formula is C16H30O. The van der Waals surface area contributed by atoms with Gasteiger partial charge in [0.25, 0.3) is 0 Å². The van der Waals surface area contributed by atoms with Crippen molar-refractivity contribution in [1.82, 2.24) is 0 Å². The second kappa shape index (κ2) is 6.22. The van der Waals surface area contributed by atoms with E-state index < -0.39 is 0 Å². The lowest BCUT2D eigenvalue weighted by atomic mass is 9.65. The van der Waals surface area contributed by atoms with Gasteiger partial charge in [0.2, 0.25) is 0 Å². The van der Waals surface area contributed by atoms with Crippen molar-refractivity contribution >= 4 is 0 Å². The van der Waals surface area contributed by atoms with E-state index >= 15 is 0 Å². The first-order chi connectivity index (χ1) is 8.20. The molecule has 0 aliphatic heterocycles. The van der Waals surface area contributed by atoms with Crippen LogP contribution < -0.4 is 0 Å². The van der Waals surface area contributed by atoms with E-state index in [4.69, 9.17) is 5.11 Å². The maximum atomic E-state index is 9.00. The van der Waals surface area contributed by atoms with Gasteiger partial charge in [-0.3, -0.25) is 0 Å². The van der Waals surface area contributed by atoms with Crippen LogP contribution >= 0.6 is 0 Å². The first-order valence-corrected chi connectivity index (χ1v) is 7.81. The third-order valence-electron chi connectivity index (χ3n) is 5.53. The number of aliphatic hydroxyl groups is 1. The van der Waals surface area contributed by atoms with E-state index in [9.17, 15) is 0 Å². The lowest BCUT2D eigenvalue weighted by molar-refractivity contribution is 0.0955. The van der Waals surface area contributed by atoms with Crippen molar-refractivity contribution in [2.45, 2.75) is 65.2 Å². The highest BCUT2D eigenvalue weighted by molar-refractivity contribution is 4.84. The van der Waals surface area contributed by atoms with E-state index in [0.717, 1.165) is 36.0 Å². The maximum absolute atomic E-state index is 9.00. The van der Waals surface area contributed by atoms with Crippen molar-refractivity contribution in [3.8, 4) is 0 Å². The highest BCUT2D eigenvalue weighted by atomic mass is 16.3. The van der Waals surface area contributed by atoms with Crippen LogP contribution in [0.3, 0.4) is 0 Å². The van der Waals surface area contributed by atoms with Crippen LogP contribution in [-0.4, -0.2) is 11.7 Å². The van der Waals surface area contributed by atoms with Crippen LogP contribution in [0, 0.1) is 29.6 Å². The molecule has 2 saturated carbocycles. The molecule has 2 fully saturated rings. The molecule has 0 heterocycles. The van der Waals surface area contributed by atoms with Crippen molar-refractivity contribution in [1.29, 1.82) is 0 Å². The predicted octanol–water partition coefficient (Wildman–Crippen LogP) is 4.25. The summed E-state index contributed by atoms with van der Waals surface area (Å²) in [4.78, 5) is 0. The van der Waals surface area contributed by atoms with Crippen LogP contribution in [0.25, 0.3) is 0 Å². The monoisotopic (exact) mass is 238 g/mol. The highest BCUT2D eigenvalue weighted by Crippen LogP contribution is 2.44. The van der Waals surface area contributed by atoms with Crippen molar-refractivity contribution in [3.63, 3.8) is 0 Å². The molecule has 1 heteroatoms. The predicted molar refractivity (Wildman–Crippen MR) is 72.8 cm³/mol.